The average Bonchev–Trinajstić information content (AvgIpc) is 3.15. The zero-order chi connectivity index (χ0) is 18.4. The van der Waals surface area contributed by atoms with Crippen LogP contribution in [0.5, 0.6) is 5.75 Å². The summed E-state index contributed by atoms with van der Waals surface area (Å²) in [5.74, 6) is -0.101. The summed E-state index contributed by atoms with van der Waals surface area (Å²) >= 11 is 0. The molecule has 0 radical (unpaired) electrons. The van der Waals surface area contributed by atoms with Gasteiger partial charge in [0.15, 0.2) is 5.76 Å². The third-order valence-corrected chi connectivity index (χ3v) is 3.95. The second-order valence-corrected chi connectivity index (χ2v) is 5.85. The lowest BCUT2D eigenvalue weighted by molar-refractivity contribution is -0.129. The molecule has 2 heterocycles. The van der Waals surface area contributed by atoms with Gasteiger partial charge in [0.2, 0.25) is 11.8 Å². The van der Waals surface area contributed by atoms with E-state index in [1.165, 1.54) is 6.07 Å². The minimum atomic E-state index is -0.566. The highest BCUT2D eigenvalue weighted by Crippen LogP contribution is 2.14. The Bertz CT molecular complexity index is 777. The molecule has 3 N–H and O–H groups in total. The van der Waals surface area contributed by atoms with Crippen molar-refractivity contribution in [1.82, 2.24) is 16.2 Å². The summed E-state index contributed by atoms with van der Waals surface area (Å²) in [5, 5.41) is 2.62. The van der Waals surface area contributed by atoms with Crippen molar-refractivity contribution < 1.29 is 23.5 Å². The molecule has 1 aliphatic heterocycles. The van der Waals surface area contributed by atoms with E-state index in [0.29, 0.717) is 24.4 Å². The van der Waals surface area contributed by atoms with Crippen molar-refractivity contribution >= 4 is 17.7 Å². The van der Waals surface area contributed by atoms with Gasteiger partial charge in [-0.05, 0) is 30.7 Å². The SMILES string of the molecule is O=C1CC[C@H](C(=O)NNC(=O)c2ccc(COc3ccccc3)o2)CN1. The summed E-state index contributed by atoms with van der Waals surface area (Å²) in [6.07, 6.45) is 0.754. The zero-order valence-corrected chi connectivity index (χ0v) is 14.0. The number of rotatable bonds is 5. The normalized spacial score (nSPS) is 16.5. The van der Waals surface area contributed by atoms with Crippen molar-refractivity contribution in [3.05, 3.63) is 54.0 Å². The van der Waals surface area contributed by atoms with Crippen molar-refractivity contribution in [3.63, 3.8) is 0 Å². The molecule has 1 aromatic carbocycles. The van der Waals surface area contributed by atoms with Crippen LogP contribution in [0.15, 0.2) is 46.9 Å². The summed E-state index contributed by atoms with van der Waals surface area (Å²) in [4.78, 5) is 35.1. The second kappa shape index (κ2) is 8.19. The van der Waals surface area contributed by atoms with E-state index in [4.69, 9.17) is 9.15 Å². The largest absolute Gasteiger partial charge is 0.486 e. The highest BCUT2D eigenvalue weighted by atomic mass is 16.5. The quantitative estimate of drug-likeness (QED) is 0.696. The summed E-state index contributed by atoms with van der Waals surface area (Å²) in [6, 6.07) is 12.4. The molecule has 0 aliphatic carbocycles. The van der Waals surface area contributed by atoms with Gasteiger partial charge >= 0.3 is 5.91 Å². The second-order valence-electron chi connectivity index (χ2n) is 5.85. The predicted molar refractivity (Wildman–Crippen MR) is 90.8 cm³/mol. The van der Waals surface area contributed by atoms with Crippen LogP contribution in [0.25, 0.3) is 0 Å². The Hall–Kier alpha value is -3.29. The first kappa shape index (κ1) is 17.5. The molecule has 8 nitrogen and oxygen atoms in total. The Morgan fingerprint density at radius 3 is 2.69 bits per heavy atom. The number of hydrogen-bond donors (Lipinski definition) is 3. The van der Waals surface area contributed by atoms with Crippen molar-refractivity contribution in [2.75, 3.05) is 6.54 Å². The Balaban J connectivity index is 1.45. The van der Waals surface area contributed by atoms with Gasteiger partial charge in [-0.2, -0.15) is 0 Å². The highest BCUT2D eigenvalue weighted by molar-refractivity contribution is 5.93. The Kier molecular flexibility index (Phi) is 5.52. The molecule has 8 heteroatoms. The van der Waals surface area contributed by atoms with Gasteiger partial charge in [-0.25, -0.2) is 0 Å². The number of piperidine rings is 1. The van der Waals surface area contributed by atoms with E-state index in [9.17, 15) is 14.4 Å². The van der Waals surface area contributed by atoms with E-state index in [1.54, 1.807) is 6.07 Å². The number of nitrogens with one attached hydrogen (secondary N) is 3. The molecule has 0 bridgehead atoms. The van der Waals surface area contributed by atoms with Crippen LogP contribution in [0.1, 0.15) is 29.2 Å². The number of carbonyl (C=O) groups excluding carboxylic acids is 3. The zero-order valence-electron chi connectivity index (χ0n) is 14.0. The molecule has 1 aromatic heterocycles. The number of hydrazine groups is 1. The first-order valence-corrected chi connectivity index (χ1v) is 8.25. The number of benzene rings is 1. The maximum atomic E-state index is 12.0. The number of ether oxygens (including phenoxy) is 1. The van der Waals surface area contributed by atoms with E-state index in [1.807, 2.05) is 30.3 Å². The molecule has 0 saturated carbocycles. The molecule has 3 amide bonds. The van der Waals surface area contributed by atoms with Crippen LogP contribution in [-0.4, -0.2) is 24.3 Å². The maximum absolute atomic E-state index is 12.0. The maximum Gasteiger partial charge on any atom is 0.305 e. The van der Waals surface area contributed by atoms with Crippen LogP contribution in [0, 0.1) is 5.92 Å². The molecule has 1 saturated heterocycles. The molecule has 26 heavy (non-hydrogen) atoms. The van der Waals surface area contributed by atoms with Gasteiger partial charge in [-0.1, -0.05) is 18.2 Å². The summed E-state index contributed by atoms with van der Waals surface area (Å²) in [7, 11) is 0. The first-order valence-electron chi connectivity index (χ1n) is 8.25. The lowest BCUT2D eigenvalue weighted by atomic mass is 9.99. The number of para-hydroxylation sites is 1. The summed E-state index contributed by atoms with van der Waals surface area (Å²) in [6.45, 7) is 0.452. The third-order valence-electron chi connectivity index (χ3n) is 3.95. The molecule has 1 aliphatic rings. The molecular formula is C18H19N3O5. The van der Waals surface area contributed by atoms with Gasteiger partial charge in [0.25, 0.3) is 0 Å². The summed E-state index contributed by atoms with van der Waals surface area (Å²) < 4.78 is 11.0. The predicted octanol–water partition coefficient (Wildman–Crippen LogP) is 1.15. The van der Waals surface area contributed by atoms with Gasteiger partial charge in [0, 0.05) is 13.0 Å². The van der Waals surface area contributed by atoms with E-state index in [-0.39, 0.29) is 36.6 Å². The van der Waals surface area contributed by atoms with Crippen LogP contribution >= 0.6 is 0 Å². The van der Waals surface area contributed by atoms with Gasteiger partial charge < -0.3 is 14.5 Å². The number of amides is 3. The van der Waals surface area contributed by atoms with Crippen LogP contribution in [0.3, 0.4) is 0 Å². The standard InChI is InChI=1S/C18H19N3O5/c22-16-9-6-12(10-19-16)17(23)20-21-18(24)15-8-7-14(26-15)11-25-13-4-2-1-3-5-13/h1-5,7-8,12H,6,9-11H2,(H,19,22)(H,20,23)(H,21,24)/t12-/m0/s1. The minimum absolute atomic E-state index is 0.0638. The highest BCUT2D eigenvalue weighted by Gasteiger charge is 2.25. The molecule has 1 atom stereocenters. The van der Waals surface area contributed by atoms with Crippen molar-refractivity contribution in [2.45, 2.75) is 19.4 Å². The minimum Gasteiger partial charge on any atom is -0.486 e. The fourth-order valence-electron chi connectivity index (χ4n) is 2.49. The van der Waals surface area contributed by atoms with E-state index < -0.39 is 5.91 Å². The Labute approximate surface area is 149 Å². The van der Waals surface area contributed by atoms with Gasteiger partial charge in [-0.15, -0.1) is 0 Å². The molecule has 1 fully saturated rings. The molecule has 3 rings (SSSR count). The molecular weight excluding hydrogens is 338 g/mol. The van der Waals surface area contributed by atoms with Crippen LogP contribution in [0.2, 0.25) is 0 Å². The smallest absolute Gasteiger partial charge is 0.305 e. The first-order chi connectivity index (χ1) is 12.6. The van der Waals surface area contributed by atoms with Gasteiger partial charge in [0.05, 0.1) is 5.92 Å². The monoisotopic (exact) mass is 357 g/mol. The van der Waals surface area contributed by atoms with Gasteiger partial charge in [-0.3, -0.25) is 25.2 Å². The summed E-state index contributed by atoms with van der Waals surface area (Å²) in [5.41, 5.74) is 4.66. The van der Waals surface area contributed by atoms with Gasteiger partial charge in [0.1, 0.15) is 18.1 Å². The van der Waals surface area contributed by atoms with Crippen LogP contribution < -0.4 is 20.9 Å². The van der Waals surface area contributed by atoms with Crippen molar-refractivity contribution in [2.24, 2.45) is 5.92 Å². The molecule has 0 unspecified atom stereocenters. The topological polar surface area (TPSA) is 110 Å². The van der Waals surface area contributed by atoms with E-state index in [2.05, 4.69) is 16.2 Å². The Morgan fingerprint density at radius 1 is 1.15 bits per heavy atom. The fourth-order valence-corrected chi connectivity index (χ4v) is 2.49. The number of carbonyl (C=O) groups is 3. The van der Waals surface area contributed by atoms with Crippen molar-refractivity contribution in [1.29, 1.82) is 0 Å². The van der Waals surface area contributed by atoms with Crippen molar-refractivity contribution in [3.8, 4) is 5.75 Å². The van der Waals surface area contributed by atoms with E-state index >= 15 is 0 Å². The number of furan rings is 1. The molecule has 0 spiro atoms. The Morgan fingerprint density at radius 2 is 1.96 bits per heavy atom. The van der Waals surface area contributed by atoms with Crippen LogP contribution in [-0.2, 0) is 16.2 Å². The fraction of sp³-hybridized carbons (Fsp3) is 0.278. The average molecular weight is 357 g/mol. The van der Waals surface area contributed by atoms with Crippen LogP contribution in [0.4, 0.5) is 0 Å². The van der Waals surface area contributed by atoms with E-state index in [0.717, 1.165) is 0 Å². The number of hydrogen-bond acceptors (Lipinski definition) is 5. The third kappa shape index (κ3) is 4.62. The molecule has 136 valence electrons. The lowest BCUT2D eigenvalue weighted by Crippen LogP contribution is -2.49. The molecule has 2 aromatic rings. The lowest BCUT2D eigenvalue weighted by Gasteiger charge is -2.21.